The lowest BCUT2D eigenvalue weighted by Crippen LogP contribution is -2.28. The Morgan fingerprint density at radius 2 is 2.57 bits per heavy atom. The fourth-order valence-electron chi connectivity index (χ4n) is 2.01. The molecule has 1 fully saturated rings. The van der Waals surface area contributed by atoms with Gasteiger partial charge in [0.2, 0.25) is 0 Å². The lowest BCUT2D eigenvalue weighted by atomic mass is 10.0. The number of ether oxygens (including phenoxy) is 1. The van der Waals surface area contributed by atoms with Crippen LogP contribution in [0.4, 0.5) is 4.79 Å². The van der Waals surface area contributed by atoms with Crippen LogP contribution in [-0.4, -0.2) is 49.1 Å². The quantitative estimate of drug-likeness (QED) is 0.886. The maximum atomic E-state index is 11.5. The Labute approximate surface area is 138 Å². The van der Waals surface area contributed by atoms with Crippen LogP contribution < -0.4 is 5.32 Å². The van der Waals surface area contributed by atoms with Gasteiger partial charge in [-0.05, 0) is 50.0 Å². The summed E-state index contributed by atoms with van der Waals surface area (Å²) >= 11 is 0. The first-order valence-corrected chi connectivity index (χ1v) is 6.31. The molecule has 0 unspecified atom stereocenters. The third-order valence-electron chi connectivity index (χ3n) is 2.95. The van der Waals surface area contributed by atoms with Crippen molar-refractivity contribution in [3.8, 4) is 0 Å². The van der Waals surface area contributed by atoms with Crippen molar-refractivity contribution >= 4 is 17.0 Å². The molecule has 112 valence electrons. The van der Waals surface area contributed by atoms with Crippen LogP contribution in [0.25, 0.3) is 10.9 Å². The zero-order chi connectivity index (χ0) is 23.6. The smallest absolute Gasteiger partial charge is 0.407 e. The first-order valence-electron chi connectivity index (χ1n) is 11.3. The van der Waals surface area contributed by atoms with Crippen LogP contribution >= 0.6 is 0 Å². The topological polar surface area (TPSA) is 57.4 Å². The van der Waals surface area contributed by atoms with E-state index in [4.69, 9.17) is 13.7 Å². The molecule has 0 radical (unpaired) electrons. The Balaban J connectivity index is 2.08. The number of likely N-dealkylation sites (N-methyl/N-ethyl adjacent to an activating group) is 1. The molecular weight excluding hydrogens is 266 g/mol. The number of aromatic nitrogens is 1. The van der Waals surface area contributed by atoms with Gasteiger partial charge >= 0.3 is 6.09 Å². The fraction of sp³-hybridized carbons (Fsp3) is 0.438. The summed E-state index contributed by atoms with van der Waals surface area (Å²) in [6.45, 7) is -5.71. The number of nitrogens with one attached hydrogen (secondary N) is 2. The van der Waals surface area contributed by atoms with Crippen molar-refractivity contribution in [1.29, 1.82) is 0 Å². The standard InChI is InChI=1S/C16H21N3O2/c1-19(2)6-5-12-9-17-15-4-3-11(8-14(12)15)7-13-10-21-16(20)18-13/h3-4,8-9,13,17H,5-7,10H2,1-2H3,(H,18,20)/t13-/m0/s1/i1D3,5D2,7D2,9D,10D2. The minimum atomic E-state index is -2.62. The molecule has 2 heterocycles. The van der Waals surface area contributed by atoms with Gasteiger partial charge in [0.15, 0.2) is 0 Å². The number of rotatable bonds is 5. The number of cyclic esters (lactones) is 1. The molecule has 2 N–H and O–H groups in total. The molecule has 0 bridgehead atoms. The van der Waals surface area contributed by atoms with Gasteiger partial charge < -0.3 is 19.9 Å². The summed E-state index contributed by atoms with van der Waals surface area (Å²) in [5, 5.41) is 2.28. The molecule has 1 aliphatic rings. The van der Waals surface area contributed by atoms with Crippen LogP contribution in [-0.2, 0) is 17.5 Å². The van der Waals surface area contributed by atoms with E-state index in [1.807, 2.05) is 0 Å². The average Bonchev–Trinajstić information content (AvgIpc) is 3.07. The molecule has 0 saturated carbocycles. The van der Waals surface area contributed by atoms with E-state index >= 15 is 0 Å². The summed E-state index contributed by atoms with van der Waals surface area (Å²) < 4.78 is 84.2. The minimum Gasteiger partial charge on any atom is -0.447 e. The summed E-state index contributed by atoms with van der Waals surface area (Å²) in [6, 6.07) is 2.36. The van der Waals surface area contributed by atoms with Gasteiger partial charge in [0, 0.05) is 33.2 Å². The molecule has 5 heteroatoms. The van der Waals surface area contributed by atoms with Gasteiger partial charge in [-0.25, -0.2) is 4.79 Å². The van der Waals surface area contributed by atoms with E-state index in [2.05, 4.69) is 15.0 Å². The van der Waals surface area contributed by atoms with Crippen molar-refractivity contribution < 1.29 is 23.2 Å². The molecule has 0 spiro atoms. The van der Waals surface area contributed by atoms with Crippen LogP contribution in [0.2, 0.25) is 0 Å². The third kappa shape index (κ3) is 3.19. The van der Waals surface area contributed by atoms with Gasteiger partial charge in [-0.3, -0.25) is 0 Å². The van der Waals surface area contributed by atoms with Crippen molar-refractivity contribution in [1.82, 2.24) is 15.2 Å². The molecule has 1 aromatic carbocycles. The molecule has 21 heavy (non-hydrogen) atoms. The second kappa shape index (κ2) is 5.77. The normalized spacial score (nSPS) is 29.6. The number of benzene rings is 1. The lowest BCUT2D eigenvalue weighted by Gasteiger charge is -2.09. The van der Waals surface area contributed by atoms with Gasteiger partial charge in [0.25, 0.3) is 0 Å². The summed E-state index contributed by atoms with van der Waals surface area (Å²) in [6.07, 6.45) is -6.10. The van der Waals surface area contributed by atoms with Crippen molar-refractivity contribution in [3.05, 3.63) is 35.5 Å². The maximum Gasteiger partial charge on any atom is 0.407 e. The highest BCUT2D eigenvalue weighted by Crippen LogP contribution is 2.21. The number of fused-ring (bicyclic) bond motifs is 1. The number of amides is 1. The molecule has 1 atom stereocenters. The van der Waals surface area contributed by atoms with E-state index in [0.29, 0.717) is 5.52 Å². The van der Waals surface area contributed by atoms with Gasteiger partial charge in [0.05, 0.1) is 10.2 Å². The second-order valence-electron chi connectivity index (χ2n) is 4.65. The predicted octanol–water partition coefficient (Wildman–Crippen LogP) is 1.92. The zero-order valence-electron chi connectivity index (χ0n) is 21.3. The number of carbonyl (C=O) groups excluding carboxylic acids is 1. The van der Waals surface area contributed by atoms with Crippen LogP contribution in [0, 0.1) is 0 Å². The van der Waals surface area contributed by atoms with Gasteiger partial charge in [-0.15, -0.1) is 0 Å². The number of aromatic amines is 1. The Bertz CT molecular complexity index is 1020. The van der Waals surface area contributed by atoms with E-state index in [1.165, 1.54) is 25.2 Å². The van der Waals surface area contributed by atoms with E-state index in [1.54, 1.807) is 0 Å². The predicted molar refractivity (Wildman–Crippen MR) is 82.5 cm³/mol. The summed E-state index contributed by atoms with van der Waals surface area (Å²) in [4.78, 5) is 15.0. The number of hydrogen-bond donors (Lipinski definition) is 2. The van der Waals surface area contributed by atoms with E-state index in [9.17, 15) is 4.79 Å². The average molecular weight is 297 g/mol. The molecule has 1 saturated heterocycles. The van der Waals surface area contributed by atoms with Crippen molar-refractivity contribution in [2.24, 2.45) is 0 Å². The summed E-state index contributed by atoms with van der Waals surface area (Å²) in [7, 11) is 1.23. The molecule has 1 amide bonds. The van der Waals surface area contributed by atoms with E-state index < -0.39 is 45.0 Å². The number of nitrogens with zero attached hydrogens (tertiary/aromatic N) is 1. The number of carbonyl (C=O) groups is 1. The van der Waals surface area contributed by atoms with Crippen molar-refractivity contribution in [2.75, 3.05) is 27.1 Å². The van der Waals surface area contributed by atoms with Gasteiger partial charge in [0.1, 0.15) is 6.56 Å². The van der Waals surface area contributed by atoms with E-state index in [-0.39, 0.29) is 22.7 Å². The fourth-order valence-corrected chi connectivity index (χ4v) is 2.01. The first-order chi connectivity index (χ1) is 14.0. The van der Waals surface area contributed by atoms with E-state index in [0.717, 1.165) is 4.90 Å². The van der Waals surface area contributed by atoms with Crippen LogP contribution in [0.5, 0.6) is 0 Å². The number of hydrogen-bond acceptors (Lipinski definition) is 3. The Morgan fingerprint density at radius 1 is 1.67 bits per heavy atom. The highest BCUT2D eigenvalue weighted by Gasteiger charge is 2.22. The highest BCUT2D eigenvalue weighted by atomic mass is 16.6. The largest absolute Gasteiger partial charge is 0.447 e. The molecule has 1 aromatic heterocycles. The van der Waals surface area contributed by atoms with Crippen molar-refractivity contribution in [3.63, 3.8) is 0 Å². The minimum absolute atomic E-state index is 0.0695. The molecule has 5 nitrogen and oxygen atoms in total. The van der Waals surface area contributed by atoms with Crippen LogP contribution in [0.1, 0.15) is 24.8 Å². The molecule has 2 aromatic rings. The number of alkyl carbamates (subject to hydrolysis) is 1. The molecule has 3 rings (SSSR count). The van der Waals surface area contributed by atoms with Gasteiger partial charge in [-0.2, -0.15) is 0 Å². The second-order valence-corrected chi connectivity index (χ2v) is 4.65. The third-order valence-corrected chi connectivity index (χ3v) is 2.95. The SMILES string of the molecule is [2H]c1[nH]c2ccc(C([2H])([2H])[C@@H]3NC(=O)OC3([2H])[2H])cc2c1C([2H])([2H])CN(C)C([2H])([2H])[2H]. The Kier molecular flexibility index (Phi) is 1.76. The van der Waals surface area contributed by atoms with Crippen LogP contribution in [0.15, 0.2) is 24.4 Å². The van der Waals surface area contributed by atoms with Crippen molar-refractivity contribution in [2.45, 2.75) is 18.8 Å². The maximum absolute atomic E-state index is 11.5. The molecule has 1 aliphatic heterocycles. The monoisotopic (exact) mass is 297 g/mol. The van der Waals surface area contributed by atoms with Gasteiger partial charge in [-0.1, -0.05) is 6.07 Å². The summed E-state index contributed by atoms with van der Waals surface area (Å²) in [5.74, 6) is 0. The first kappa shape index (κ1) is 6.40. The lowest BCUT2D eigenvalue weighted by molar-refractivity contribution is 0.177. The summed E-state index contributed by atoms with van der Waals surface area (Å²) in [5.41, 5.74) is 0.112. The van der Waals surface area contributed by atoms with Crippen LogP contribution in [0.3, 0.4) is 0 Å². The Morgan fingerprint density at radius 3 is 3.33 bits per heavy atom. The highest BCUT2D eigenvalue weighted by molar-refractivity contribution is 5.84. The molecular formula is C16H21N3O2. The Hall–Kier alpha value is -2.01. The number of H-pyrrole nitrogens is 1. The molecule has 0 aliphatic carbocycles. The zero-order valence-corrected chi connectivity index (χ0v) is 11.3.